The quantitative estimate of drug-likeness (QED) is 0.474. The van der Waals surface area contributed by atoms with Crippen molar-refractivity contribution in [1.82, 2.24) is 15.0 Å². The van der Waals surface area contributed by atoms with Gasteiger partial charge in [-0.3, -0.25) is 9.69 Å². The van der Waals surface area contributed by atoms with E-state index in [1.165, 1.54) is 0 Å². The van der Waals surface area contributed by atoms with E-state index in [1.54, 1.807) is 18.2 Å². The molecule has 6 nitrogen and oxygen atoms in total. The largest absolute Gasteiger partial charge is 0.338 e. The Morgan fingerprint density at radius 3 is 2.66 bits per heavy atom. The van der Waals surface area contributed by atoms with E-state index in [4.69, 9.17) is 27.7 Å². The predicted octanol–water partition coefficient (Wildman–Crippen LogP) is 6.02. The summed E-state index contributed by atoms with van der Waals surface area (Å²) in [5.41, 5.74) is 2.75. The molecule has 1 aliphatic heterocycles. The summed E-state index contributed by atoms with van der Waals surface area (Å²) in [6, 6.07) is 13.2. The molecule has 168 valence electrons. The number of amides is 1. The second kappa shape index (κ2) is 10.0. The topological polar surface area (TPSA) is 71.3 Å². The van der Waals surface area contributed by atoms with Gasteiger partial charge in [0.1, 0.15) is 0 Å². The fourth-order valence-corrected chi connectivity index (χ4v) is 4.49. The fourth-order valence-electron chi connectivity index (χ4n) is 3.99. The molecule has 1 aromatic heterocycles. The Morgan fingerprint density at radius 2 is 1.94 bits per heavy atom. The van der Waals surface area contributed by atoms with Gasteiger partial charge in [-0.2, -0.15) is 4.98 Å². The molecule has 0 aliphatic carbocycles. The first-order valence-corrected chi connectivity index (χ1v) is 11.6. The van der Waals surface area contributed by atoms with Crippen LogP contribution in [0.1, 0.15) is 44.1 Å². The van der Waals surface area contributed by atoms with Gasteiger partial charge in [0.15, 0.2) is 0 Å². The maximum Gasteiger partial charge on any atom is 0.241 e. The molecule has 8 heteroatoms. The second-order valence-electron chi connectivity index (χ2n) is 8.42. The number of para-hydroxylation sites is 1. The SMILES string of the molecule is CC(C)c1ccccc1NC(=O)C1CCN(Cc2nc(-c3ccc(Cl)cc3Cl)no2)CC1. The Kier molecular flexibility index (Phi) is 7.13. The van der Waals surface area contributed by atoms with Crippen molar-refractivity contribution in [3.63, 3.8) is 0 Å². The number of halogens is 2. The highest BCUT2D eigenvalue weighted by molar-refractivity contribution is 6.36. The fraction of sp³-hybridized carbons (Fsp3) is 0.375. The number of hydrogen-bond donors (Lipinski definition) is 1. The van der Waals surface area contributed by atoms with Gasteiger partial charge in [0.2, 0.25) is 17.6 Å². The highest BCUT2D eigenvalue weighted by atomic mass is 35.5. The summed E-state index contributed by atoms with van der Waals surface area (Å²) < 4.78 is 5.42. The van der Waals surface area contributed by atoms with Gasteiger partial charge < -0.3 is 9.84 Å². The Morgan fingerprint density at radius 1 is 1.19 bits per heavy atom. The average Bonchev–Trinajstić information content (AvgIpc) is 3.22. The Hall–Kier alpha value is -2.41. The number of benzene rings is 2. The van der Waals surface area contributed by atoms with E-state index >= 15 is 0 Å². The van der Waals surface area contributed by atoms with Crippen molar-refractivity contribution in [2.24, 2.45) is 5.92 Å². The zero-order chi connectivity index (χ0) is 22.7. The molecule has 0 unspecified atom stereocenters. The summed E-state index contributed by atoms with van der Waals surface area (Å²) in [6.45, 7) is 6.40. The third kappa shape index (κ3) is 5.31. The summed E-state index contributed by atoms with van der Waals surface area (Å²) >= 11 is 12.2. The van der Waals surface area contributed by atoms with E-state index in [0.717, 1.165) is 37.2 Å². The van der Waals surface area contributed by atoms with Crippen LogP contribution in [0, 0.1) is 5.92 Å². The van der Waals surface area contributed by atoms with Crippen molar-refractivity contribution in [2.45, 2.75) is 39.2 Å². The molecule has 0 bridgehead atoms. The smallest absolute Gasteiger partial charge is 0.241 e. The van der Waals surface area contributed by atoms with Crippen LogP contribution in [0.5, 0.6) is 0 Å². The normalized spacial score (nSPS) is 15.3. The van der Waals surface area contributed by atoms with Crippen LogP contribution in [0.15, 0.2) is 47.0 Å². The molecule has 1 aliphatic rings. The second-order valence-corrected chi connectivity index (χ2v) is 9.26. The molecular formula is C24H26Cl2N4O2. The summed E-state index contributed by atoms with van der Waals surface area (Å²) in [4.78, 5) is 19.5. The molecule has 1 N–H and O–H groups in total. The third-order valence-electron chi connectivity index (χ3n) is 5.80. The van der Waals surface area contributed by atoms with Crippen LogP contribution >= 0.6 is 23.2 Å². The molecule has 4 rings (SSSR count). The lowest BCUT2D eigenvalue weighted by atomic mass is 9.95. The van der Waals surface area contributed by atoms with Gasteiger partial charge in [0.25, 0.3) is 0 Å². The van der Waals surface area contributed by atoms with Gasteiger partial charge in [-0.1, -0.05) is 60.4 Å². The molecule has 2 heterocycles. The Balaban J connectivity index is 1.32. The van der Waals surface area contributed by atoms with Gasteiger partial charge >= 0.3 is 0 Å². The summed E-state index contributed by atoms with van der Waals surface area (Å²) in [6.07, 6.45) is 1.58. The van der Waals surface area contributed by atoms with Crippen LogP contribution < -0.4 is 5.32 Å². The predicted molar refractivity (Wildman–Crippen MR) is 127 cm³/mol. The summed E-state index contributed by atoms with van der Waals surface area (Å²) in [5, 5.41) is 8.23. The first kappa shape index (κ1) is 22.8. The number of carbonyl (C=O) groups is 1. The number of nitrogens with zero attached hydrogens (tertiary/aromatic N) is 3. The van der Waals surface area contributed by atoms with Crippen molar-refractivity contribution in [3.8, 4) is 11.4 Å². The van der Waals surface area contributed by atoms with E-state index in [-0.39, 0.29) is 11.8 Å². The number of likely N-dealkylation sites (tertiary alicyclic amines) is 1. The Bertz CT molecular complexity index is 1090. The number of anilines is 1. The van der Waals surface area contributed by atoms with Crippen LogP contribution in [0.3, 0.4) is 0 Å². The van der Waals surface area contributed by atoms with Crippen molar-refractivity contribution in [3.05, 3.63) is 64.0 Å². The maximum atomic E-state index is 12.8. The molecule has 32 heavy (non-hydrogen) atoms. The van der Waals surface area contributed by atoms with E-state index in [9.17, 15) is 4.79 Å². The maximum absolute atomic E-state index is 12.8. The number of carbonyl (C=O) groups excluding carboxylic acids is 1. The lowest BCUT2D eigenvalue weighted by molar-refractivity contribution is -0.121. The van der Waals surface area contributed by atoms with Gasteiger partial charge in [-0.25, -0.2) is 0 Å². The molecule has 1 amide bonds. The van der Waals surface area contributed by atoms with Crippen LogP contribution in [-0.2, 0) is 11.3 Å². The highest BCUT2D eigenvalue weighted by Crippen LogP contribution is 2.29. The lowest BCUT2D eigenvalue weighted by Crippen LogP contribution is -2.38. The minimum atomic E-state index is -0.00223. The van der Waals surface area contributed by atoms with Gasteiger partial charge in [-0.15, -0.1) is 0 Å². The molecule has 3 aromatic rings. The van der Waals surface area contributed by atoms with Crippen molar-refractivity contribution in [1.29, 1.82) is 0 Å². The first-order valence-electron chi connectivity index (χ1n) is 10.8. The van der Waals surface area contributed by atoms with Crippen molar-refractivity contribution < 1.29 is 9.32 Å². The number of hydrogen-bond acceptors (Lipinski definition) is 5. The molecule has 1 fully saturated rings. The molecular weight excluding hydrogens is 447 g/mol. The van der Waals surface area contributed by atoms with Crippen LogP contribution in [0.25, 0.3) is 11.4 Å². The van der Waals surface area contributed by atoms with E-state index in [1.807, 2.05) is 18.2 Å². The van der Waals surface area contributed by atoms with Gasteiger partial charge in [0, 0.05) is 22.2 Å². The van der Waals surface area contributed by atoms with Crippen molar-refractivity contribution in [2.75, 3.05) is 18.4 Å². The van der Waals surface area contributed by atoms with Crippen molar-refractivity contribution >= 4 is 34.8 Å². The molecule has 0 atom stereocenters. The van der Waals surface area contributed by atoms with Crippen LogP contribution in [0.4, 0.5) is 5.69 Å². The molecule has 0 saturated carbocycles. The third-order valence-corrected chi connectivity index (χ3v) is 6.35. The standard InChI is InChI=1S/C24H26Cl2N4O2/c1-15(2)18-5-3-4-6-21(18)27-24(31)16-9-11-30(12-10-16)14-22-28-23(29-32-22)19-8-7-17(25)13-20(19)26/h3-8,13,15-16H,9-12,14H2,1-2H3,(H,27,31). The molecule has 1 saturated heterocycles. The number of nitrogens with one attached hydrogen (secondary N) is 1. The summed E-state index contributed by atoms with van der Waals surface area (Å²) in [7, 11) is 0. The van der Waals surface area contributed by atoms with Gasteiger partial charge in [0.05, 0.1) is 11.6 Å². The number of rotatable bonds is 6. The number of piperidine rings is 1. The zero-order valence-electron chi connectivity index (χ0n) is 18.1. The minimum Gasteiger partial charge on any atom is -0.338 e. The first-order chi connectivity index (χ1) is 15.4. The van der Waals surface area contributed by atoms with Gasteiger partial charge in [-0.05, 0) is 61.7 Å². The monoisotopic (exact) mass is 472 g/mol. The number of aromatic nitrogens is 2. The molecule has 2 aromatic carbocycles. The highest BCUT2D eigenvalue weighted by Gasteiger charge is 2.26. The van der Waals surface area contributed by atoms with Crippen LogP contribution in [-0.4, -0.2) is 34.0 Å². The lowest BCUT2D eigenvalue weighted by Gasteiger charge is -2.30. The average molecular weight is 473 g/mol. The zero-order valence-corrected chi connectivity index (χ0v) is 19.7. The summed E-state index contributed by atoms with van der Waals surface area (Å²) in [5.74, 6) is 1.42. The molecule has 0 radical (unpaired) electrons. The molecule has 0 spiro atoms. The van der Waals surface area contributed by atoms with E-state index in [0.29, 0.717) is 39.8 Å². The van der Waals surface area contributed by atoms with E-state index < -0.39 is 0 Å². The van der Waals surface area contributed by atoms with Crippen LogP contribution in [0.2, 0.25) is 10.0 Å². The van der Waals surface area contributed by atoms with E-state index in [2.05, 4.69) is 40.3 Å². The Labute approximate surface area is 197 Å². The minimum absolute atomic E-state index is 0.00223.